The summed E-state index contributed by atoms with van der Waals surface area (Å²) in [5, 5.41) is 12.3. The maximum Gasteiger partial charge on any atom is 0.454 e. The SMILES string of the molecule is COc1c2cc(C(C)(C)C)cc1Cc1cc(C(C)(C)C)cc3c1O[Si](C)(C)Oc1c(cc(C(C)(C)C)cc1C3)Cc1cc(C(C)(C)C)cc(c1O)C2. The zero-order chi connectivity index (χ0) is 38.3. The van der Waals surface area contributed by atoms with Gasteiger partial charge in [-0.15, -0.1) is 0 Å². The van der Waals surface area contributed by atoms with Gasteiger partial charge in [-0.1, -0.05) is 132 Å². The predicted octanol–water partition coefficient (Wildman–Crippen LogP) is 11.7. The van der Waals surface area contributed by atoms with Crippen molar-refractivity contribution in [3.63, 3.8) is 0 Å². The van der Waals surface area contributed by atoms with Crippen molar-refractivity contribution in [2.24, 2.45) is 0 Å². The molecule has 2 heterocycles. The molecule has 1 N–H and O–H groups in total. The van der Waals surface area contributed by atoms with E-state index in [2.05, 4.69) is 145 Å². The lowest BCUT2D eigenvalue weighted by Crippen LogP contribution is -2.43. The highest BCUT2D eigenvalue weighted by atomic mass is 28.4. The van der Waals surface area contributed by atoms with Crippen molar-refractivity contribution >= 4 is 8.56 Å². The van der Waals surface area contributed by atoms with Gasteiger partial charge in [0.1, 0.15) is 23.0 Å². The van der Waals surface area contributed by atoms with E-state index in [1.165, 1.54) is 33.4 Å². The third-order valence-corrected chi connectivity index (χ3v) is 12.3. The second-order valence-corrected chi connectivity index (χ2v) is 23.2. The Kier molecular flexibility index (Phi) is 9.30. The quantitative estimate of drug-likeness (QED) is 0.175. The van der Waals surface area contributed by atoms with Gasteiger partial charge in [0, 0.05) is 38.8 Å². The first-order valence-electron chi connectivity index (χ1n) is 19.1. The van der Waals surface area contributed by atoms with Crippen LogP contribution in [0.5, 0.6) is 23.0 Å². The number of fused-ring (bicyclic) bond motifs is 2. The molecule has 0 amide bonds. The lowest BCUT2D eigenvalue weighted by atomic mass is 9.79. The molecule has 4 aromatic rings. The molecule has 0 atom stereocenters. The summed E-state index contributed by atoms with van der Waals surface area (Å²) in [6.07, 6.45) is 2.43. The Morgan fingerprint density at radius 2 is 0.712 bits per heavy atom. The van der Waals surface area contributed by atoms with Crippen LogP contribution in [0.1, 0.15) is 150 Å². The van der Waals surface area contributed by atoms with Crippen LogP contribution in [-0.4, -0.2) is 20.8 Å². The fourth-order valence-corrected chi connectivity index (χ4v) is 9.22. The minimum absolute atomic E-state index is 0.0643. The van der Waals surface area contributed by atoms with Crippen LogP contribution in [0.4, 0.5) is 0 Å². The smallest absolute Gasteiger partial charge is 0.454 e. The molecule has 0 aromatic heterocycles. The number of phenolic OH excluding ortho intramolecular Hbond substituents is 1. The summed E-state index contributed by atoms with van der Waals surface area (Å²) in [6, 6.07) is 18.5. The number of methoxy groups -OCH3 is 1. The van der Waals surface area contributed by atoms with Gasteiger partial charge in [-0.3, -0.25) is 0 Å². The van der Waals surface area contributed by atoms with E-state index in [1.807, 2.05) is 0 Å². The van der Waals surface area contributed by atoms with Crippen LogP contribution >= 0.6 is 0 Å². The van der Waals surface area contributed by atoms with Crippen LogP contribution in [0, 0.1) is 0 Å². The Hall–Kier alpha value is -3.70. The van der Waals surface area contributed by atoms with Crippen LogP contribution in [0.2, 0.25) is 13.1 Å². The van der Waals surface area contributed by atoms with Crippen molar-refractivity contribution in [3.05, 3.63) is 115 Å². The Bertz CT molecular complexity index is 2040. The molecule has 4 aromatic carbocycles. The topological polar surface area (TPSA) is 47.9 Å². The first kappa shape index (κ1) is 38.0. The molecule has 3 aliphatic rings. The number of aromatic hydroxyl groups is 1. The molecule has 0 saturated carbocycles. The minimum atomic E-state index is -2.81. The van der Waals surface area contributed by atoms with Gasteiger partial charge < -0.3 is 18.7 Å². The van der Waals surface area contributed by atoms with Gasteiger partial charge >= 0.3 is 8.56 Å². The van der Waals surface area contributed by atoms with E-state index in [4.69, 9.17) is 13.6 Å². The molecule has 52 heavy (non-hydrogen) atoms. The van der Waals surface area contributed by atoms with Crippen molar-refractivity contribution in [2.75, 3.05) is 7.11 Å². The van der Waals surface area contributed by atoms with Crippen molar-refractivity contribution in [1.82, 2.24) is 0 Å². The van der Waals surface area contributed by atoms with Crippen molar-refractivity contribution in [3.8, 4) is 23.0 Å². The highest BCUT2D eigenvalue weighted by Gasteiger charge is 2.37. The van der Waals surface area contributed by atoms with Crippen molar-refractivity contribution in [2.45, 2.75) is 144 Å². The second-order valence-electron chi connectivity index (χ2n) is 20.0. The summed E-state index contributed by atoms with van der Waals surface area (Å²) < 4.78 is 20.7. The molecule has 5 heteroatoms. The largest absolute Gasteiger partial charge is 0.512 e. The maximum absolute atomic E-state index is 12.3. The van der Waals surface area contributed by atoms with Crippen molar-refractivity contribution in [1.29, 1.82) is 0 Å². The number of hydrogen-bond acceptors (Lipinski definition) is 4. The molecule has 4 nitrogen and oxygen atoms in total. The van der Waals surface area contributed by atoms with Crippen molar-refractivity contribution < 1.29 is 18.7 Å². The zero-order valence-corrected chi connectivity index (χ0v) is 35.6. The molecule has 0 radical (unpaired) electrons. The van der Waals surface area contributed by atoms with E-state index in [0.717, 1.165) is 50.6 Å². The van der Waals surface area contributed by atoms with E-state index in [0.29, 0.717) is 31.4 Å². The maximum atomic E-state index is 12.3. The van der Waals surface area contributed by atoms with Gasteiger partial charge in [0.05, 0.1) is 7.11 Å². The fourth-order valence-electron chi connectivity index (χ4n) is 7.67. The second kappa shape index (κ2) is 12.7. The highest BCUT2D eigenvalue weighted by Crippen LogP contribution is 2.45. The summed E-state index contributed by atoms with van der Waals surface area (Å²) in [5.41, 5.74) is 13.3. The Morgan fingerprint density at radius 3 is 1.02 bits per heavy atom. The third-order valence-electron chi connectivity index (χ3n) is 10.9. The average Bonchev–Trinajstić information content (AvgIpc) is 2.98. The van der Waals surface area contributed by atoms with Gasteiger partial charge in [-0.05, 0) is 88.4 Å². The molecule has 0 saturated heterocycles. The average molecular weight is 719 g/mol. The Morgan fingerprint density at radius 1 is 0.462 bits per heavy atom. The number of hydrogen-bond donors (Lipinski definition) is 1. The van der Waals surface area contributed by atoms with Crippen LogP contribution in [0.3, 0.4) is 0 Å². The Labute approximate surface area is 315 Å². The number of phenols is 1. The van der Waals surface area contributed by atoms with Gasteiger partial charge in [0.15, 0.2) is 0 Å². The molecule has 278 valence electrons. The van der Waals surface area contributed by atoms with Gasteiger partial charge in [-0.25, -0.2) is 0 Å². The fraction of sp³-hybridized carbons (Fsp3) is 0.489. The number of ether oxygens (including phenoxy) is 1. The third kappa shape index (κ3) is 7.53. The van der Waals surface area contributed by atoms with Gasteiger partial charge in [0.25, 0.3) is 0 Å². The molecular weight excluding hydrogens is 657 g/mol. The molecule has 0 spiro atoms. The van der Waals surface area contributed by atoms with E-state index < -0.39 is 8.56 Å². The monoisotopic (exact) mass is 718 g/mol. The van der Waals surface area contributed by atoms with Gasteiger partial charge in [0.2, 0.25) is 0 Å². The lowest BCUT2D eigenvalue weighted by Gasteiger charge is -2.35. The molecule has 7 rings (SSSR count). The standard InChI is InChI=1S/C47H62O4Si/c1-44(2,3)36-20-28-16-30-22-37(45(4,5)6)23-31(41(30)49-13)18-33-25-39(47(10,11)12)27-35-19-34-26-38(46(7,8)9)24-32(17-29(21-36)40(28)48)42(34)50-52(14,15)51-43(33)35/h20-27,48H,16-19H2,1-15H3. The molecule has 1 aliphatic carbocycles. The molecular formula is C47H62O4Si. The van der Waals surface area contributed by atoms with E-state index in [-0.39, 0.29) is 21.7 Å². The predicted molar refractivity (Wildman–Crippen MR) is 219 cm³/mol. The van der Waals surface area contributed by atoms with Gasteiger partial charge in [-0.2, -0.15) is 0 Å². The summed E-state index contributed by atoms with van der Waals surface area (Å²) in [5.74, 6) is 3.08. The van der Waals surface area contributed by atoms with Crippen LogP contribution < -0.4 is 13.6 Å². The molecule has 0 unspecified atom stereocenters. The molecule has 10 bridgehead atoms. The first-order chi connectivity index (χ1) is 23.8. The summed E-state index contributed by atoms with van der Waals surface area (Å²) >= 11 is 0. The van der Waals surface area contributed by atoms with E-state index >= 15 is 0 Å². The number of rotatable bonds is 1. The van der Waals surface area contributed by atoms with E-state index in [1.54, 1.807) is 7.11 Å². The highest BCUT2D eigenvalue weighted by molar-refractivity contribution is 6.66. The van der Waals surface area contributed by atoms with Crippen LogP contribution in [0.15, 0.2) is 48.5 Å². The minimum Gasteiger partial charge on any atom is -0.512 e. The molecule has 0 fully saturated rings. The first-order valence-corrected chi connectivity index (χ1v) is 21.9. The Balaban J connectivity index is 1.78. The summed E-state index contributed by atoms with van der Waals surface area (Å²) in [4.78, 5) is 0. The zero-order valence-electron chi connectivity index (χ0n) is 34.6. The van der Waals surface area contributed by atoms with E-state index in [9.17, 15) is 5.11 Å². The number of benzene rings is 4. The summed E-state index contributed by atoms with van der Waals surface area (Å²) in [6.45, 7) is 31.6. The van der Waals surface area contributed by atoms with Crippen LogP contribution in [-0.2, 0) is 47.3 Å². The van der Waals surface area contributed by atoms with Crippen LogP contribution in [0.25, 0.3) is 0 Å². The molecule has 2 aliphatic heterocycles. The summed E-state index contributed by atoms with van der Waals surface area (Å²) in [7, 11) is -1.03. The lowest BCUT2D eigenvalue weighted by molar-refractivity contribution is 0.384. The normalized spacial score (nSPS) is 15.8.